The highest BCUT2D eigenvalue weighted by Crippen LogP contribution is 2.33. The van der Waals surface area contributed by atoms with Gasteiger partial charge >= 0.3 is 0 Å². The van der Waals surface area contributed by atoms with E-state index in [1.54, 1.807) is 7.11 Å². The smallest absolute Gasteiger partial charge is 0.134 e. The van der Waals surface area contributed by atoms with E-state index in [2.05, 4.69) is 31.2 Å². The second-order valence-corrected chi connectivity index (χ2v) is 9.43. The van der Waals surface area contributed by atoms with E-state index in [4.69, 9.17) is 9.47 Å². The zero-order valence-corrected chi connectivity index (χ0v) is 20.1. The van der Waals surface area contributed by atoms with Gasteiger partial charge in [0.1, 0.15) is 11.6 Å². The van der Waals surface area contributed by atoms with Crippen LogP contribution in [0.5, 0.6) is 5.75 Å². The van der Waals surface area contributed by atoms with Gasteiger partial charge in [0, 0.05) is 25.3 Å². The van der Waals surface area contributed by atoms with Gasteiger partial charge in [-0.25, -0.2) is 4.39 Å². The first-order valence-corrected chi connectivity index (χ1v) is 12.7. The maximum absolute atomic E-state index is 14.7. The molecule has 0 radical (unpaired) electrons. The van der Waals surface area contributed by atoms with E-state index in [1.807, 2.05) is 12.1 Å². The lowest BCUT2D eigenvalue weighted by Gasteiger charge is -2.27. The van der Waals surface area contributed by atoms with Gasteiger partial charge in [0.05, 0.1) is 6.61 Å². The molecule has 0 aromatic heterocycles. The van der Waals surface area contributed by atoms with Crippen LogP contribution in [-0.2, 0) is 11.2 Å². The number of unbranched alkanes of at least 4 members (excludes halogenated alkanes) is 3. The molecule has 2 aromatic rings. The highest BCUT2D eigenvalue weighted by atomic mass is 19.1. The molecule has 1 saturated carbocycles. The molecule has 0 aliphatic heterocycles. The third-order valence-corrected chi connectivity index (χ3v) is 7.10. The molecule has 2 aromatic carbocycles. The molecule has 0 unspecified atom stereocenters. The maximum atomic E-state index is 14.7. The Bertz CT molecular complexity index is 778. The molecule has 32 heavy (non-hydrogen) atoms. The topological polar surface area (TPSA) is 18.5 Å². The van der Waals surface area contributed by atoms with Crippen molar-refractivity contribution in [2.45, 2.75) is 77.6 Å². The lowest BCUT2D eigenvalue weighted by atomic mass is 9.78. The lowest BCUT2D eigenvalue weighted by Crippen LogP contribution is -2.14. The summed E-state index contributed by atoms with van der Waals surface area (Å²) in [5, 5.41) is 0. The van der Waals surface area contributed by atoms with Gasteiger partial charge in [-0.2, -0.15) is 0 Å². The van der Waals surface area contributed by atoms with Crippen LogP contribution in [0, 0.1) is 17.7 Å². The molecular weight excluding hydrogens is 399 g/mol. The second-order valence-electron chi connectivity index (χ2n) is 9.43. The van der Waals surface area contributed by atoms with Crippen molar-refractivity contribution in [3.05, 3.63) is 53.8 Å². The van der Waals surface area contributed by atoms with Crippen molar-refractivity contribution in [1.29, 1.82) is 0 Å². The van der Waals surface area contributed by atoms with Crippen LogP contribution in [0.2, 0.25) is 0 Å². The number of halogens is 1. The minimum atomic E-state index is -0.219. The summed E-state index contributed by atoms with van der Waals surface area (Å²) in [6, 6.07) is 13.7. The summed E-state index contributed by atoms with van der Waals surface area (Å²) < 4.78 is 25.5. The zero-order chi connectivity index (χ0) is 22.6. The van der Waals surface area contributed by atoms with Gasteiger partial charge < -0.3 is 9.47 Å². The molecular formula is C29H41FO2. The Morgan fingerprint density at radius 1 is 0.844 bits per heavy atom. The van der Waals surface area contributed by atoms with E-state index in [0.717, 1.165) is 56.1 Å². The van der Waals surface area contributed by atoms with Crippen molar-refractivity contribution < 1.29 is 13.9 Å². The van der Waals surface area contributed by atoms with E-state index >= 15 is 0 Å². The molecule has 0 spiro atoms. The van der Waals surface area contributed by atoms with Crippen molar-refractivity contribution in [3.63, 3.8) is 0 Å². The minimum absolute atomic E-state index is 0.219. The van der Waals surface area contributed by atoms with E-state index in [1.165, 1.54) is 50.2 Å². The van der Waals surface area contributed by atoms with Crippen LogP contribution in [0.25, 0.3) is 11.1 Å². The summed E-state index contributed by atoms with van der Waals surface area (Å²) in [4.78, 5) is 0. The van der Waals surface area contributed by atoms with Gasteiger partial charge in [-0.15, -0.1) is 0 Å². The Labute approximate surface area is 194 Å². The first-order valence-electron chi connectivity index (χ1n) is 12.7. The van der Waals surface area contributed by atoms with Gasteiger partial charge in [-0.3, -0.25) is 0 Å². The van der Waals surface area contributed by atoms with Crippen molar-refractivity contribution >= 4 is 0 Å². The first kappa shape index (κ1) is 24.8. The van der Waals surface area contributed by atoms with Gasteiger partial charge in [-0.1, -0.05) is 69.7 Å². The van der Waals surface area contributed by atoms with E-state index in [-0.39, 0.29) is 5.82 Å². The molecule has 0 bridgehead atoms. The number of aryl methyl sites for hydroxylation is 1. The summed E-state index contributed by atoms with van der Waals surface area (Å²) >= 11 is 0. The number of ether oxygens (including phenoxy) is 2. The van der Waals surface area contributed by atoms with Crippen LogP contribution in [0.1, 0.15) is 76.7 Å². The molecule has 0 saturated heterocycles. The van der Waals surface area contributed by atoms with Gasteiger partial charge in [-0.05, 0) is 67.2 Å². The number of hydrogen-bond donors (Lipinski definition) is 0. The van der Waals surface area contributed by atoms with Crippen LogP contribution >= 0.6 is 0 Å². The molecule has 0 atom stereocenters. The first-order chi connectivity index (χ1) is 15.7. The monoisotopic (exact) mass is 440 g/mol. The largest absolute Gasteiger partial charge is 0.493 e. The molecule has 3 rings (SSSR count). The van der Waals surface area contributed by atoms with Gasteiger partial charge in [0.2, 0.25) is 0 Å². The number of methoxy groups -OCH3 is 1. The average molecular weight is 441 g/mol. The molecule has 0 heterocycles. The number of benzene rings is 2. The average Bonchev–Trinajstić information content (AvgIpc) is 2.83. The van der Waals surface area contributed by atoms with Crippen LogP contribution in [0.3, 0.4) is 0 Å². The molecule has 176 valence electrons. The predicted molar refractivity (Wildman–Crippen MR) is 132 cm³/mol. The Balaban J connectivity index is 1.44. The fourth-order valence-corrected chi connectivity index (χ4v) is 4.86. The maximum Gasteiger partial charge on any atom is 0.134 e. The molecule has 1 fully saturated rings. The van der Waals surface area contributed by atoms with Gasteiger partial charge in [0.25, 0.3) is 0 Å². The molecule has 0 amide bonds. The Kier molecular flexibility index (Phi) is 10.5. The fourth-order valence-electron chi connectivity index (χ4n) is 4.86. The molecule has 1 aliphatic carbocycles. The number of rotatable bonds is 13. The molecule has 1 aliphatic rings. The quantitative estimate of drug-likeness (QED) is 0.292. The standard InChI is InChI=1S/C29H41FO2/c1-3-23-8-10-24(11-9-23)12-13-25-14-16-26(17-15-25)28-19-18-27(22-29(28)30)32-21-7-5-4-6-20-31-2/h14-19,22-24H,3-13,20-21H2,1-2H3. The van der Waals surface area contributed by atoms with Crippen LogP contribution < -0.4 is 4.74 Å². The highest BCUT2D eigenvalue weighted by molar-refractivity contribution is 5.65. The summed E-state index contributed by atoms with van der Waals surface area (Å²) in [5.74, 6) is 2.23. The highest BCUT2D eigenvalue weighted by Gasteiger charge is 2.19. The van der Waals surface area contributed by atoms with Crippen molar-refractivity contribution in [2.24, 2.45) is 11.8 Å². The zero-order valence-electron chi connectivity index (χ0n) is 20.1. The third-order valence-electron chi connectivity index (χ3n) is 7.10. The van der Waals surface area contributed by atoms with E-state index in [9.17, 15) is 4.39 Å². The van der Waals surface area contributed by atoms with E-state index in [0.29, 0.717) is 17.9 Å². The van der Waals surface area contributed by atoms with Crippen LogP contribution in [0.15, 0.2) is 42.5 Å². The predicted octanol–water partition coefficient (Wildman–Crippen LogP) is 8.23. The number of hydrogen-bond acceptors (Lipinski definition) is 2. The van der Waals surface area contributed by atoms with Gasteiger partial charge in [0.15, 0.2) is 0 Å². The minimum Gasteiger partial charge on any atom is -0.493 e. The lowest BCUT2D eigenvalue weighted by molar-refractivity contribution is 0.191. The van der Waals surface area contributed by atoms with E-state index < -0.39 is 0 Å². The molecule has 3 heteroatoms. The Hall–Kier alpha value is -1.87. The third kappa shape index (κ3) is 7.92. The molecule has 0 N–H and O–H groups in total. The second kappa shape index (κ2) is 13.6. The SMILES string of the molecule is CCC1CCC(CCc2ccc(-c3ccc(OCCCCCCOC)cc3F)cc2)CC1. The normalized spacial score (nSPS) is 18.6. The summed E-state index contributed by atoms with van der Waals surface area (Å²) in [5.41, 5.74) is 2.93. The van der Waals surface area contributed by atoms with Crippen LogP contribution in [-0.4, -0.2) is 20.3 Å². The Morgan fingerprint density at radius 2 is 1.53 bits per heavy atom. The summed E-state index contributed by atoms with van der Waals surface area (Å²) in [7, 11) is 1.73. The summed E-state index contributed by atoms with van der Waals surface area (Å²) in [6.45, 7) is 3.76. The Morgan fingerprint density at radius 3 is 2.19 bits per heavy atom. The van der Waals surface area contributed by atoms with Crippen molar-refractivity contribution in [2.75, 3.05) is 20.3 Å². The summed E-state index contributed by atoms with van der Waals surface area (Å²) in [6.07, 6.45) is 13.7. The fraction of sp³-hybridized carbons (Fsp3) is 0.586. The van der Waals surface area contributed by atoms with Crippen LogP contribution in [0.4, 0.5) is 4.39 Å². The van der Waals surface area contributed by atoms with Crippen molar-refractivity contribution in [3.8, 4) is 16.9 Å². The molecule has 2 nitrogen and oxygen atoms in total. The van der Waals surface area contributed by atoms with Crippen molar-refractivity contribution in [1.82, 2.24) is 0 Å².